The van der Waals surface area contributed by atoms with Gasteiger partial charge < -0.3 is 16.3 Å². The maximum absolute atomic E-state index is 9.96. The van der Waals surface area contributed by atoms with Gasteiger partial charge in [-0.15, -0.1) is 12.4 Å². The minimum Gasteiger partial charge on any atom is -0.480 e. The van der Waals surface area contributed by atoms with Gasteiger partial charge in [0.15, 0.2) is 0 Å². The minimum absolute atomic E-state index is 0. The average Bonchev–Trinajstić information content (AvgIpc) is 2.21. The highest BCUT2D eigenvalue weighted by Crippen LogP contribution is 2.31. The van der Waals surface area contributed by atoms with Crippen molar-refractivity contribution in [2.24, 2.45) is 5.73 Å². The van der Waals surface area contributed by atoms with E-state index < -0.39 is 11.5 Å². The lowest BCUT2D eigenvalue weighted by molar-refractivity contribution is -0.139. The molecule has 56 valence electrons. The van der Waals surface area contributed by atoms with Gasteiger partial charge in [-0.05, 0) is 12.8 Å². The van der Waals surface area contributed by atoms with E-state index in [1.807, 2.05) is 0 Å². The molecule has 0 saturated heterocycles. The maximum Gasteiger partial charge on any atom is 0.323 e. The van der Waals surface area contributed by atoms with Crippen molar-refractivity contribution < 1.29 is 15.4 Å². The average molecular weight is 156 g/mol. The van der Waals surface area contributed by atoms with Crippen LogP contribution in [0, 0.1) is 0 Å². The van der Waals surface area contributed by atoms with E-state index >= 15 is 0 Å². The molecule has 0 atom stereocenters. The Morgan fingerprint density at radius 2 is 1.89 bits per heavy atom. The van der Waals surface area contributed by atoms with Crippen LogP contribution < -0.4 is 5.73 Å². The number of rotatable bonds is 1. The summed E-state index contributed by atoms with van der Waals surface area (Å²) in [6.45, 7) is 0. The summed E-state index contributed by atoms with van der Waals surface area (Å²) in [6, 6.07) is 0. The fourth-order valence-electron chi connectivity index (χ4n) is 0.349. The molecule has 0 radical (unpaired) electrons. The number of hydrogen-bond acceptors (Lipinski definition) is 2. The summed E-state index contributed by atoms with van der Waals surface area (Å²) in [5.74, 6) is -0.868. The molecule has 1 rings (SSSR count). The Morgan fingerprint density at radius 1 is 1.56 bits per heavy atom. The molecule has 1 aliphatic rings. The van der Waals surface area contributed by atoms with Gasteiger partial charge >= 0.3 is 5.97 Å². The molecule has 0 bridgehead atoms. The normalized spacial score (nSPS) is 18.8. The predicted molar refractivity (Wildman–Crippen MR) is 34.6 cm³/mol. The molecule has 1 saturated carbocycles. The smallest absolute Gasteiger partial charge is 0.323 e. The molecule has 9 heavy (non-hydrogen) atoms. The first kappa shape index (κ1) is 11.5. The van der Waals surface area contributed by atoms with E-state index in [4.69, 9.17) is 10.8 Å². The SMILES string of the molecule is Cl.NC1(C(=O)O)CC1.O. The molecule has 5 N–H and O–H groups in total. The quantitative estimate of drug-likeness (QED) is 0.517. The van der Waals surface area contributed by atoms with Crippen LogP contribution in [0.25, 0.3) is 0 Å². The van der Waals surface area contributed by atoms with Crippen LogP contribution in [0.15, 0.2) is 0 Å². The fraction of sp³-hybridized carbons (Fsp3) is 0.750. The first-order valence-electron chi connectivity index (χ1n) is 2.17. The molecule has 0 aromatic heterocycles. The molecule has 0 spiro atoms. The van der Waals surface area contributed by atoms with E-state index in [2.05, 4.69) is 0 Å². The number of carboxylic acid groups (broad SMARTS) is 1. The van der Waals surface area contributed by atoms with Crippen molar-refractivity contribution in [2.45, 2.75) is 18.4 Å². The van der Waals surface area contributed by atoms with Crippen LogP contribution in [0.3, 0.4) is 0 Å². The van der Waals surface area contributed by atoms with Crippen LogP contribution in [0.4, 0.5) is 0 Å². The van der Waals surface area contributed by atoms with E-state index in [0.717, 1.165) is 0 Å². The molecule has 0 aromatic rings. The number of carboxylic acids is 1. The van der Waals surface area contributed by atoms with Crippen molar-refractivity contribution >= 4 is 18.4 Å². The molecule has 0 aromatic carbocycles. The van der Waals surface area contributed by atoms with Gasteiger partial charge in [-0.3, -0.25) is 4.79 Å². The maximum atomic E-state index is 9.96. The third-order valence-electron chi connectivity index (χ3n) is 1.21. The second-order valence-electron chi connectivity index (χ2n) is 1.96. The first-order chi connectivity index (χ1) is 3.15. The van der Waals surface area contributed by atoms with Crippen LogP contribution >= 0.6 is 12.4 Å². The second kappa shape index (κ2) is 3.00. The molecular weight excluding hydrogens is 146 g/mol. The van der Waals surface area contributed by atoms with Crippen molar-refractivity contribution in [3.8, 4) is 0 Å². The van der Waals surface area contributed by atoms with Gasteiger partial charge in [0.25, 0.3) is 0 Å². The number of nitrogens with two attached hydrogens (primary N) is 1. The molecule has 0 amide bonds. The Balaban J connectivity index is 0. The highest BCUT2D eigenvalue weighted by molar-refractivity contribution is 5.85. The Hall–Kier alpha value is -0.320. The van der Waals surface area contributed by atoms with Crippen molar-refractivity contribution in [1.82, 2.24) is 0 Å². The monoisotopic (exact) mass is 155 g/mol. The first-order valence-corrected chi connectivity index (χ1v) is 2.17. The van der Waals surface area contributed by atoms with Crippen LogP contribution in [0.1, 0.15) is 12.8 Å². The van der Waals surface area contributed by atoms with E-state index in [9.17, 15) is 4.79 Å². The highest BCUT2D eigenvalue weighted by Gasteiger charge is 2.46. The van der Waals surface area contributed by atoms with E-state index in [-0.39, 0.29) is 17.9 Å². The summed E-state index contributed by atoms with van der Waals surface area (Å²) >= 11 is 0. The van der Waals surface area contributed by atoms with Crippen LogP contribution in [0.5, 0.6) is 0 Å². The molecule has 0 unspecified atom stereocenters. The van der Waals surface area contributed by atoms with Gasteiger partial charge in [0.2, 0.25) is 0 Å². The van der Waals surface area contributed by atoms with E-state index in [1.165, 1.54) is 0 Å². The molecule has 1 aliphatic carbocycles. The third kappa shape index (κ3) is 2.17. The van der Waals surface area contributed by atoms with Crippen molar-refractivity contribution in [3.63, 3.8) is 0 Å². The summed E-state index contributed by atoms with van der Waals surface area (Å²) in [7, 11) is 0. The Morgan fingerprint density at radius 3 is 1.89 bits per heavy atom. The zero-order chi connectivity index (χ0) is 5.49. The summed E-state index contributed by atoms with van der Waals surface area (Å²) in [5, 5.41) is 8.19. The van der Waals surface area contributed by atoms with Crippen LogP contribution in [-0.4, -0.2) is 22.1 Å². The van der Waals surface area contributed by atoms with Gasteiger partial charge in [0, 0.05) is 0 Å². The molecular formula is C4H10ClNO3. The lowest BCUT2D eigenvalue weighted by atomic mass is 10.3. The largest absolute Gasteiger partial charge is 0.480 e. The molecule has 0 heterocycles. The van der Waals surface area contributed by atoms with E-state index in [1.54, 1.807) is 0 Å². The number of hydrogen-bond donors (Lipinski definition) is 2. The second-order valence-corrected chi connectivity index (χ2v) is 1.96. The zero-order valence-corrected chi connectivity index (χ0v) is 5.57. The van der Waals surface area contributed by atoms with Gasteiger partial charge in [0.1, 0.15) is 5.54 Å². The van der Waals surface area contributed by atoms with Gasteiger partial charge in [-0.25, -0.2) is 0 Å². The molecule has 4 nitrogen and oxygen atoms in total. The number of carbonyl (C=O) groups is 1. The summed E-state index contributed by atoms with van der Waals surface area (Å²) < 4.78 is 0. The standard InChI is InChI=1S/C4H7NO2.ClH.H2O/c5-4(1-2-4)3(6)7;;/h1-2,5H2,(H,6,7);1H;1H2. The Bertz CT molecular complexity index is 112. The van der Waals surface area contributed by atoms with Gasteiger partial charge in [0.05, 0.1) is 0 Å². The zero-order valence-electron chi connectivity index (χ0n) is 4.76. The predicted octanol–water partition coefficient (Wildman–Crippen LogP) is -0.841. The van der Waals surface area contributed by atoms with Crippen LogP contribution in [0.2, 0.25) is 0 Å². The molecule has 5 heteroatoms. The fourth-order valence-corrected chi connectivity index (χ4v) is 0.349. The van der Waals surface area contributed by atoms with Gasteiger partial charge in [-0.2, -0.15) is 0 Å². The summed E-state index contributed by atoms with van der Waals surface area (Å²) in [5.41, 5.74) is 4.36. The van der Waals surface area contributed by atoms with Gasteiger partial charge in [-0.1, -0.05) is 0 Å². The van der Waals surface area contributed by atoms with Crippen LogP contribution in [-0.2, 0) is 4.79 Å². The number of aliphatic carboxylic acids is 1. The lowest BCUT2D eigenvalue weighted by Crippen LogP contribution is -2.31. The summed E-state index contributed by atoms with van der Waals surface area (Å²) in [4.78, 5) is 9.96. The summed E-state index contributed by atoms with van der Waals surface area (Å²) in [6.07, 6.45) is 1.28. The number of halogens is 1. The third-order valence-corrected chi connectivity index (χ3v) is 1.21. The minimum atomic E-state index is -0.868. The van der Waals surface area contributed by atoms with Crippen molar-refractivity contribution in [2.75, 3.05) is 0 Å². The molecule has 1 fully saturated rings. The Labute approximate surface area is 58.8 Å². The topological polar surface area (TPSA) is 94.8 Å². The molecule has 0 aliphatic heterocycles. The van der Waals surface area contributed by atoms with E-state index in [0.29, 0.717) is 12.8 Å². The van der Waals surface area contributed by atoms with Crippen molar-refractivity contribution in [3.05, 3.63) is 0 Å². The highest BCUT2D eigenvalue weighted by atomic mass is 35.5. The Kier molecular flexibility index (Phi) is 3.83. The van der Waals surface area contributed by atoms with Crippen molar-refractivity contribution in [1.29, 1.82) is 0 Å². The lowest BCUT2D eigenvalue weighted by Gasteiger charge is -1.95.